The van der Waals surface area contributed by atoms with E-state index in [2.05, 4.69) is 32.7 Å². The molecule has 2 rings (SSSR count). The van der Waals surface area contributed by atoms with Gasteiger partial charge in [-0.15, -0.1) is 10.2 Å². The average Bonchev–Trinajstić information content (AvgIpc) is 3.14. The van der Waals surface area contributed by atoms with Crippen LogP contribution in [0.1, 0.15) is 18.3 Å². The molecule has 2 aromatic rings. The first kappa shape index (κ1) is 19.6. The van der Waals surface area contributed by atoms with Crippen LogP contribution in [-0.4, -0.2) is 55.1 Å². The van der Waals surface area contributed by atoms with Crippen molar-refractivity contribution in [1.29, 1.82) is 0 Å². The third-order valence-electron chi connectivity index (χ3n) is 4.03. The molecule has 0 unspecified atom stereocenters. The first-order chi connectivity index (χ1) is 12.7. The van der Waals surface area contributed by atoms with E-state index in [1.165, 1.54) is 5.56 Å². The lowest BCUT2D eigenvalue weighted by atomic mass is 10.1. The maximum absolute atomic E-state index is 5.34. The monoisotopic (exact) mass is 360 g/mol. The standard InChI is InChI=1S/C18H28N6O2/c1-5-17-23-22-13-24(17)11-10-21-18(19-2)20-9-8-14-6-7-15(25-3)16(12-14)26-4/h6-7,12-13H,5,8-11H2,1-4H3,(H2,19,20,21). The molecule has 0 bridgehead atoms. The molecule has 0 fully saturated rings. The molecule has 8 heteroatoms. The number of benzene rings is 1. The summed E-state index contributed by atoms with van der Waals surface area (Å²) in [6, 6.07) is 5.96. The van der Waals surface area contributed by atoms with Gasteiger partial charge >= 0.3 is 0 Å². The van der Waals surface area contributed by atoms with E-state index >= 15 is 0 Å². The first-order valence-corrected chi connectivity index (χ1v) is 8.73. The molecule has 0 atom stereocenters. The summed E-state index contributed by atoms with van der Waals surface area (Å²) in [6.45, 7) is 4.39. The van der Waals surface area contributed by atoms with Crippen LogP contribution in [0.5, 0.6) is 11.5 Å². The highest BCUT2D eigenvalue weighted by Crippen LogP contribution is 2.27. The van der Waals surface area contributed by atoms with Crippen LogP contribution in [0.2, 0.25) is 0 Å². The summed E-state index contributed by atoms with van der Waals surface area (Å²) >= 11 is 0. The predicted octanol–water partition coefficient (Wildman–Crippen LogP) is 1.27. The second kappa shape index (κ2) is 10.3. The molecule has 0 amide bonds. The topological polar surface area (TPSA) is 85.6 Å². The number of methoxy groups -OCH3 is 2. The smallest absolute Gasteiger partial charge is 0.191 e. The number of aryl methyl sites for hydroxylation is 1. The van der Waals surface area contributed by atoms with E-state index < -0.39 is 0 Å². The molecule has 1 aromatic carbocycles. The minimum absolute atomic E-state index is 0.738. The molecule has 2 N–H and O–H groups in total. The lowest BCUT2D eigenvalue weighted by Gasteiger charge is -2.13. The predicted molar refractivity (Wildman–Crippen MR) is 102 cm³/mol. The Kier molecular flexibility index (Phi) is 7.73. The second-order valence-corrected chi connectivity index (χ2v) is 5.66. The van der Waals surface area contributed by atoms with Crippen LogP contribution in [0.15, 0.2) is 29.5 Å². The van der Waals surface area contributed by atoms with E-state index in [1.807, 2.05) is 22.8 Å². The second-order valence-electron chi connectivity index (χ2n) is 5.66. The van der Waals surface area contributed by atoms with E-state index in [-0.39, 0.29) is 0 Å². The SMILES string of the molecule is CCc1nncn1CCNC(=NC)NCCc1ccc(OC)c(OC)c1. The van der Waals surface area contributed by atoms with Crippen molar-refractivity contribution >= 4 is 5.96 Å². The normalized spacial score (nSPS) is 11.3. The minimum Gasteiger partial charge on any atom is -0.493 e. The van der Waals surface area contributed by atoms with Crippen LogP contribution in [0.3, 0.4) is 0 Å². The number of aromatic nitrogens is 3. The molecule has 1 heterocycles. The molecule has 0 saturated carbocycles. The van der Waals surface area contributed by atoms with E-state index in [9.17, 15) is 0 Å². The van der Waals surface area contributed by atoms with Crippen molar-refractivity contribution in [2.45, 2.75) is 26.3 Å². The Bertz CT molecular complexity index is 713. The molecule has 1 aromatic heterocycles. The number of nitrogens with zero attached hydrogens (tertiary/aromatic N) is 4. The summed E-state index contributed by atoms with van der Waals surface area (Å²) in [6.07, 6.45) is 3.48. The molecule has 0 aliphatic carbocycles. The first-order valence-electron chi connectivity index (χ1n) is 8.73. The summed E-state index contributed by atoms with van der Waals surface area (Å²) in [5.74, 6) is 3.25. The van der Waals surface area contributed by atoms with Gasteiger partial charge in [0, 0.05) is 33.1 Å². The van der Waals surface area contributed by atoms with Crippen molar-refractivity contribution < 1.29 is 9.47 Å². The summed E-state index contributed by atoms with van der Waals surface area (Å²) in [5.41, 5.74) is 1.17. The Balaban J connectivity index is 1.76. The molecule has 0 radical (unpaired) electrons. The van der Waals surface area contributed by atoms with Crippen molar-refractivity contribution in [1.82, 2.24) is 25.4 Å². The third-order valence-corrected chi connectivity index (χ3v) is 4.03. The number of nitrogens with one attached hydrogen (secondary N) is 2. The Labute approximate surface area is 154 Å². The third kappa shape index (κ3) is 5.37. The summed E-state index contributed by atoms with van der Waals surface area (Å²) < 4.78 is 12.6. The maximum Gasteiger partial charge on any atom is 0.191 e. The van der Waals surface area contributed by atoms with Gasteiger partial charge in [0.2, 0.25) is 0 Å². The fraction of sp³-hybridized carbons (Fsp3) is 0.500. The summed E-state index contributed by atoms with van der Waals surface area (Å²) in [5, 5.41) is 14.6. The fourth-order valence-electron chi connectivity index (χ4n) is 2.62. The number of ether oxygens (including phenoxy) is 2. The summed E-state index contributed by atoms with van der Waals surface area (Å²) in [4.78, 5) is 4.25. The van der Waals surface area contributed by atoms with Crippen molar-refractivity contribution in [3.05, 3.63) is 35.9 Å². The Hall–Kier alpha value is -2.77. The van der Waals surface area contributed by atoms with Crippen LogP contribution in [0.25, 0.3) is 0 Å². The van der Waals surface area contributed by atoms with E-state index in [4.69, 9.17) is 9.47 Å². The maximum atomic E-state index is 5.34. The summed E-state index contributed by atoms with van der Waals surface area (Å²) in [7, 11) is 5.05. The van der Waals surface area contributed by atoms with Gasteiger partial charge in [-0.2, -0.15) is 0 Å². The zero-order valence-electron chi connectivity index (χ0n) is 16.0. The number of rotatable bonds is 9. The van der Waals surface area contributed by atoms with E-state index in [0.717, 1.165) is 55.8 Å². The van der Waals surface area contributed by atoms with Crippen LogP contribution in [-0.2, 0) is 19.4 Å². The lowest BCUT2D eigenvalue weighted by molar-refractivity contribution is 0.354. The van der Waals surface area contributed by atoms with Gasteiger partial charge in [0.1, 0.15) is 12.2 Å². The van der Waals surface area contributed by atoms with Gasteiger partial charge < -0.3 is 24.7 Å². The average molecular weight is 360 g/mol. The van der Waals surface area contributed by atoms with Crippen molar-refractivity contribution in [3.8, 4) is 11.5 Å². The number of hydrogen-bond donors (Lipinski definition) is 2. The zero-order valence-corrected chi connectivity index (χ0v) is 16.0. The highest BCUT2D eigenvalue weighted by atomic mass is 16.5. The molecule has 26 heavy (non-hydrogen) atoms. The van der Waals surface area contributed by atoms with Crippen molar-refractivity contribution in [3.63, 3.8) is 0 Å². The molecule has 0 aliphatic rings. The van der Waals surface area contributed by atoms with Crippen LogP contribution < -0.4 is 20.1 Å². The minimum atomic E-state index is 0.738. The highest BCUT2D eigenvalue weighted by molar-refractivity contribution is 5.79. The molecule has 8 nitrogen and oxygen atoms in total. The Morgan fingerprint density at radius 2 is 1.92 bits per heavy atom. The van der Waals surface area contributed by atoms with Gasteiger partial charge in [0.15, 0.2) is 17.5 Å². The van der Waals surface area contributed by atoms with Crippen molar-refractivity contribution in [2.24, 2.45) is 4.99 Å². The Morgan fingerprint density at radius 1 is 1.15 bits per heavy atom. The molecule has 0 spiro atoms. The number of guanidine groups is 1. The van der Waals surface area contributed by atoms with Crippen LogP contribution in [0, 0.1) is 0 Å². The zero-order chi connectivity index (χ0) is 18.8. The van der Waals surface area contributed by atoms with Gasteiger partial charge in [-0.1, -0.05) is 13.0 Å². The molecule has 142 valence electrons. The molecule has 0 saturated heterocycles. The van der Waals surface area contributed by atoms with E-state index in [1.54, 1.807) is 27.6 Å². The van der Waals surface area contributed by atoms with Gasteiger partial charge in [-0.25, -0.2) is 0 Å². The van der Waals surface area contributed by atoms with Crippen LogP contribution >= 0.6 is 0 Å². The van der Waals surface area contributed by atoms with Crippen molar-refractivity contribution in [2.75, 3.05) is 34.4 Å². The van der Waals surface area contributed by atoms with Gasteiger partial charge in [0.25, 0.3) is 0 Å². The Morgan fingerprint density at radius 3 is 2.62 bits per heavy atom. The van der Waals surface area contributed by atoms with Gasteiger partial charge in [-0.05, 0) is 24.1 Å². The van der Waals surface area contributed by atoms with Gasteiger partial charge in [0.05, 0.1) is 14.2 Å². The van der Waals surface area contributed by atoms with E-state index in [0.29, 0.717) is 0 Å². The molecule has 0 aliphatic heterocycles. The number of aliphatic imine (C=N–C) groups is 1. The molecular formula is C18H28N6O2. The molecular weight excluding hydrogens is 332 g/mol. The van der Waals surface area contributed by atoms with Crippen LogP contribution in [0.4, 0.5) is 0 Å². The highest BCUT2D eigenvalue weighted by Gasteiger charge is 2.05. The largest absolute Gasteiger partial charge is 0.493 e. The fourth-order valence-corrected chi connectivity index (χ4v) is 2.62. The van der Waals surface area contributed by atoms with Gasteiger partial charge in [-0.3, -0.25) is 4.99 Å². The lowest BCUT2D eigenvalue weighted by Crippen LogP contribution is -2.39. The number of hydrogen-bond acceptors (Lipinski definition) is 5. The quantitative estimate of drug-likeness (QED) is 0.517.